The van der Waals surface area contributed by atoms with Gasteiger partial charge in [0.1, 0.15) is 0 Å². The Balaban J connectivity index is 4.03. The monoisotopic (exact) mass is 274 g/mol. The maximum Gasteiger partial charge on any atom is 0.490 e. The Kier molecular flexibility index (Phi) is 6.01. The number of ether oxygens (including phenoxy) is 1. The van der Waals surface area contributed by atoms with Crippen molar-refractivity contribution in [3.05, 3.63) is 11.6 Å². The number of carbonyl (C=O) groups excluding carboxylic acids is 1. The van der Waals surface area contributed by atoms with E-state index in [1.54, 1.807) is 0 Å². The number of halogens is 4. The maximum absolute atomic E-state index is 11.7. The summed E-state index contributed by atoms with van der Waals surface area (Å²) in [4.78, 5) is 20.7. The van der Waals surface area contributed by atoms with Gasteiger partial charge in [-0.05, 0) is 6.92 Å². The normalized spacial score (nSPS) is 14.3. The van der Waals surface area contributed by atoms with Crippen LogP contribution in [0.2, 0.25) is 0 Å². The first kappa shape index (κ1) is 15.8. The first-order valence-electron chi connectivity index (χ1n) is 4.44. The van der Waals surface area contributed by atoms with Gasteiger partial charge in [-0.3, -0.25) is 0 Å². The summed E-state index contributed by atoms with van der Waals surface area (Å²) in [6.07, 6.45) is -3.98. The molecule has 1 unspecified atom stereocenters. The largest absolute Gasteiger partial charge is 0.490 e. The summed E-state index contributed by atoms with van der Waals surface area (Å²) in [6, 6.07) is 0. The lowest BCUT2D eigenvalue weighted by molar-refractivity contribution is -0.199. The Morgan fingerprint density at radius 2 is 2.00 bits per heavy atom. The molecule has 0 saturated heterocycles. The van der Waals surface area contributed by atoms with E-state index in [1.807, 2.05) is 0 Å². The van der Waals surface area contributed by atoms with Crippen LogP contribution < -0.4 is 0 Å². The van der Waals surface area contributed by atoms with Crippen molar-refractivity contribution in [1.82, 2.24) is 0 Å². The molecule has 0 aromatic rings. The summed E-state index contributed by atoms with van der Waals surface area (Å²) < 4.78 is 39.0. The second-order valence-corrected chi connectivity index (χ2v) is 3.65. The Morgan fingerprint density at radius 1 is 1.47 bits per heavy atom. The van der Waals surface area contributed by atoms with E-state index in [4.69, 9.17) is 16.7 Å². The fraction of sp³-hybridized carbons (Fsp3) is 0.556. The van der Waals surface area contributed by atoms with Crippen LogP contribution in [0.1, 0.15) is 13.3 Å². The molecule has 0 aromatic heterocycles. The number of aliphatic carboxylic acids is 1. The minimum atomic E-state index is -5.03. The molecule has 0 bridgehead atoms. The van der Waals surface area contributed by atoms with Crippen LogP contribution in [0.3, 0.4) is 0 Å². The first-order chi connectivity index (χ1) is 7.64. The van der Waals surface area contributed by atoms with Crippen LogP contribution in [0.4, 0.5) is 13.2 Å². The van der Waals surface area contributed by atoms with Gasteiger partial charge in [0.05, 0.1) is 12.0 Å². The predicted octanol–water partition coefficient (Wildman–Crippen LogP) is 2.12. The molecule has 98 valence electrons. The summed E-state index contributed by atoms with van der Waals surface area (Å²) >= 11 is 5.61. The molecule has 0 aromatic carbocycles. The third-order valence-corrected chi connectivity index (χ3v) is 1.97. The molecule has 0 heterocycles. The molecular weight excluding hydrogens is 265 g/mol. The second-order valence-electron chi connectivity index (χ2n) is 3.09. The molecule has 8 heteroatoms. The zero-order valence-electron chi connectivity index (χ0n) is 8.75. The van der Waals surface area contributed by atoms with Crippen LogP contribution in [0.15, 0.2) is 11.6 Å². The van der Waals surface area contributed by atoms with E-state index in [2.05, 4.69) is 4.74 Å². The number of carboxylic acid groups (broad SMARTS) is 1. The SMILES string of the molecule is CC(=CC(Cl)CCOC(=O)C(F)(F)F)C(=O)O. The molecule has 17 heavy (non-hydrogen) atoms. The molecule has 0 fully saturated rings. The smallest absolute Gasteiger partial charge is 0.478 e. The Labute approximate surface area is 100.0 Å². The van der Waals surface area contributed by atoms with E-state index < -0.39 is 30.1 Å². The lowest BCUT2D eigenvalue weighted by Crippen LogP contribution is -2.26. The van der Waals surface area contributed by atoms with E-state index in [-0.39, 0.29) is 12.0 Å². The molecule has 0 aliphatic carbocycles. The standard InChI is InChI=1S/C9H10ClF3O4/c1-5(7(14)15)4-6(10)2-3-17-8(16)9(11,12)13/h4,6H,2-3H2,1H3,(H,14,15). The molecule has 4 nitrogen and oxygen atoms in total. The average molecular weight is 275 g/mol. The molecule has 1 atom stereocenters. The van der Waals surface area contributed by atoms with Crippen LogP contribution in [0, 0.1) is 0 Å². The topological polar surface area (TPSA) is 63.6 Å². The van der Waals surface area contributed by atoms with Gasteiger partial charge in [0.2, 0.25) is 0 Å². The third kappa shape index (κ3) is 6.83. The van der Waals surface area contributed by atoms with E-state index in [9.17, 15) is 22.8 Å². The Hall–Kier alpha value is -1.24. The number of rotatable bonds is 5. The minimum absolute atomic E-state index is 0.0350. The maximum atomic E-state index is 11.7. The zero-order valence-corrected chi connectivity index (χ0v) is 9.51. The zero-order chi connectivity index (χ0) is 13.6. The van der Waals surface area contributed by atoms with Crippen molar-refractivity contribution in [2.45, 2.75) is 24.9 Å². The first-order valence-corrected chi connectivity index (χ1v) is 4.88. The van der Waals surface area contributed by atoms with Crippen LogP contribution in [0.5, 0.6) is 0 Å². The lowest BCUT2D eigenvalue weighted by Gasteiger charge is -2.08. The molecule has 0 aliphatic heterocycles. The number of carbonyl (C=O) groups is 2. The number of alkyl halides is 4. The summed E-state index contributed by atoms with van der Waals surface area (Å²) in [5.41, 5.74) is -0.0350. The van der Waals surface area contributed by atoms with Gasteiger partial charge in [-0.2, -0.15) is 13.2 Å². The summed E-state index contributed by atoms with van der Waals surface area (Å²) in [5, 5.41) is 7.68. The van der Waals surface area contributed by atoms with Crippen molar-refractivity contribution in [2.24, 2.45) is 0 Å². The number of hydrogen-bond acceptors (Lipinski definition) is 3. The molecule has 0 rings (SSSR count). The molecule has 0 spiro atoms. The van der Waals surface area contributed by atoms with Crippen LogP contribution in [-0.2, 0) is 14.3 Å². The number of allylic oxidation sites excluding steroid dienone is 1. The minimum Gasteiger partial charge on any atom is -0.478 e. The van der Waals surface area contributed by atoms with Gasteiger partial charge >= 0.3 is 18.1 Å². The van der Waals surface area contributed by atoms with Gasteiger partial charge in [0.15, 0.2) is 0 Å². The second kappa shape index (κ2) is 6.48. The summed E-state index contributed by atoms with van der Waals surface area (Å²) in [5.74, 6) is -3.47. The molecule has 0 saturated carbocycles. The van der Waals surface area contributed by atoms with E-state index >= 15 is 0 Å². The van der Waals surface area contributed by atoms with Gasteiger partial charge in [0.25, 0.3) is 0 Å². The fourth-order valence-corrected chi connectivity index (χ4v) is 1.05. The van der Waals surface area contributed by atoms with Crippen molar-refractivity contribution >= 4 is 23.5 Å². The van der Waals surface area contributed by atoms with Crippen LogP contribution >= 0.6 is 11.6 Å². The van der Waals surface area contributed by atoms with Gasteiger partial charge < -0.3 is 9.84 Å². The number of esters is 1. The fourth-order valence-electron chi connectivity index (χ4n) is 0.772. The van der Waals surface area contributed by atoms with Crippen LogP contribution in [0.25, 0.3) is 0 Å². The van der Waals surface area contributed by atoms with Gasteiger partial charge in [-0.1, -0.05) is 6.08 Å². The van der Waals surface area contributed by atoms with Gasteiger partial charge in [-0.15, -0.1) is 11.6 Å². The highest BCUT2D eigenvalue weighted by Crippen LogP contribution is 2.17. The van der Waals surface area contributed by atoms with Crippen molar-refractivity contribution in [3.63, 3.8) is 0 Å². The highest BCUT2D eigenvalue weighted by molar-refractivity contribution is 6.22. The number of hydrogen-bond donors (Lipinski definition) is 1. The van der Waals surface area contributed by atoms with E-state index in [1.165, 1.54) is 6.92 Å². The van der Waals surface area contributed by atoms with E-state index in [0.717, 1.165) is 6.08 Å². The van der Waals surface area contributed by atoms with Gasteiger partial charge in [0, 0.05) is 12.0 Å². The van der Waals surface area contributed by atoms with Crippen molar-refractivity contribution < 1.29 is 32.6 Å². The molecule has 1 N–H and O–H groups in total. The van der Waals surface area contributed by atoms with Crippen LogP contribution in [-0.4, -0.2) is 35.2 Å². The van der Waals surface area contributed by atoms with Gasteiger partial charge in [-0.25, -0.2) is 9.59 Å². The van der Waals surface area contributed by atoms with E-state index in [0.29, 0.717) is 0 Å². The highest BCUT2D eigenvalue weighted by Gasteiger charge is 2.40. The summed E-state index contributed by atoms with van der Waals surface area (Å²) in [6.45, 7) is 0.759. The van der Waals surface area contributed by atoms with Crippen molar-refractivity contribution in [1.29, 1.82) is 0 Å². The summed E-state index contributed by atoms with van der Waals surface area (Å²) in [7, 11) is 0. The molecule has 0 radical (unpaired) electrons. The number of carboxylic acids is 1. The molecule has 0 aliphatic rings. The highest BCUT2D eigenvalue weighted by atomic mass is 35.5. The Morgan fingerprint density at radius 3 is 2.41 bits per heavy atom. The molecular formula is C9H10ClF3O4. The van der Waals surface area contributed by atoms with Crippen molar-refractivity contribution in [2.75, 3.05) is 6.61 Å². The lowest BCUT2D eigenvalue weighted by atomic mass is 10.2. The average Bonchev–Trinajstić information content (AvgIpc) is 2.15. The molecule has 0 amide bonds. The third-order valence-electron chi connectivity index (χ3n) is 1.63. The quantitative estimate of drug-likeness (QED) is 0.474. The Bertz CT molecular complexity index is 325. The van der Waals surface area contributed by atoms with Crippen molar-refractivity contribution in [3.8, 4) is 0 Å². The predicted molar refractivity (Wildman–Crippen MR) is 52.7 cm³/mol.